The van der Waals surface area contributed by atoms with E-state index in [2.05, 4.69) is 0 Å². The molecule has 0 amide bonds. The van der Waals surface area contributed by atoms with E-state index in [9.17, 15) is 4.89 Å². The van der Waals surface area contributed by atoms with Crippen molar-refractivity contribution >= 4 is 28.9 Å². The van der Waals surface area contributed by atoms with E-state index in [1.165, 1.54) is 11.4 Å². The van der Waals surface area contributed by atoms with E-state index < -0.39 is 5.69 Å². The summed E-state index contributed by atoms with van der Waals surface area (Å²) in [5, 5.41) is 0.324. The summed E-state index contributed by atoms with van der Waals surface area (Å²) in [6, 6.07) is 0. The van der Waals surface area contributed by atoms with Crippen molar-refractivity contribution in [2.75, 3.05) is 13.1 Å². The molecule has 0 aliphatic carbocycles. The Bertz CT molecular complexity index is 175. The molecule has 1 atom stereocenters. The molecule has 0 bridgehead atoms. The molecule has 1 unspecified atom stereocenters. The largest absolute Gasteiger partial charge is 0.337 e. The van der Waals surface area contributed by atoms with Crippen molar-refractivity contribution in [3.05, 3.63) is 0 Å². The topological polar surface area (TPSA) is 81.5 Å². The number of nitrogens with two attached hydrogens (primary N) is 2. The van der Waals surface area contributed by atoms with Gasteiger partial charge in [-0.2, -0.15) is 0 Å². The molecule has 94 valence electrons. The van der Waals surface area contributed by atoms with Crippen LogP contribution in [-0.2, 0) is 16.3 Å². The molecule has 0 saturated carbocycles. The van der Waals surface area contributed by atoms with Crippen molar-refractivity contribution in [1.29, 1.82) is 0 Å². The Balaban J connectivity index is 0. The summed E-state index contributed by atoms with van der Waals surface area (Å²) in [4.78, 5) is 9.52. The average Bonchev–Trinajstić information content (AvgIpc) is 1.99. The third kappa shape index (κ3) is 17.5. The highest BCUT2D eigenvalue weighted by Gasteiger charge is 2.17. The Morgan fingerprint density at radius 1 is 1.27 bits per heavy atom. The molecule has 0 saturated heterocycles. The summed E-state index contributed by atoms with van der Waals surface area (Å²) < 4.78 is 5.19. The van der Waals surface area contributed by atoms with Crippen molar-refractivity contribution in [3.8, 4) is 0 Å². The predicted molar refractivity (Wildman–Crippen MR) is 73.6 cm³/mol. The molecule has 0 fully saturated rings. The Labute approximate surface area is 102 Å². The van der Waals surface area contributed by atoms with Crippen LogP contribution in [0, 0.1) is 0 Å². The van der Waals surface area contributed by atoms with Gasteiger partial charge in [-0.05, 0) is 25.7 Å². The van der Waals surface area contributed by atoms with E-state index >= 15 is 0 Å². The first kappa shape index (κ1) is 18.2. The van der Waals surface area contributed by atoms with Crippen LogP contribution in [0.25, 0.3) is 0 Å². The van der Waals surface area contributed by atoms with Crippen molar-refractivity contribution < 1.29 is 9.42 Å². The summed E-state index contributed by atoms with van der Waals surface area (Å²) >= 11 is 6.25. The van der Waals surface area contributed by atoms with Gasteiger partial charge in [0.05, 0.1) is 6.10 Å². The normalized spacial score (nSPS) is 14.7. The molecule has 0 rings (SSSR count). The lowest BCUT2D eigenvalue weighted by Gasteiger charge is -2.18. The molecule has 0 aromatic heterocycles. The molecule has 0 radical (unpaired) electrons. The lowest BCUT2D eigenvalue weighted by Crippen LogP contribution is -2.11. The van der Waals surface area contributed by atoms with Crippen LogP contribution in [0.5, 0.6) is 0 Å². The van der Waals surface area contributed by atoms with E-state index in [0.717, 1.165) is 0 Å². The number of hydrogen-bond acceptors (Lipinski definition) is 5. The van der Waals surface area contributed by atoms with E-state index in [-0.39, 0.29) is 6.10 Å². The van der Waals surface area contributed by atoms with Gasteiger partial charge in [0, 0.05) is 18.3 Å². The third-order valence-corrected chi connectivity index (χ3v) is 5.59. The maximum atomic E-state index is 9.52. The highest BCUT2D eigenvalue weighted by atomic mass is 32.9. The second-order valence-corrected chi connectivity index (χ2v) is 9.95. The summed E-state index contributed by atoms with van der Waals surface area (Å²) in [7, 11) is 0. The van der Waals surface area contributed by atoms with E-state index in [0.29, 0.717) is 18.3 Å². The van der Waals surface area contributed by atoms with Crippen molar-refractivity contribution in [2.45, 2.75) is 39.0 Å². The van der Waals surface area contributed by atoms with Gasteiger partial charge in [0.2, 0.25) is 5.69 Å². The zero-order valence-electron chi connectivity index (χ0n) is 9.84. The highest BCUT2D eigenvalue weighted by Crippen LogP contribution is 2.58. The third-order valence-electron chi connectivity index (χ3n) is 0.855. The van der Waals surface area contributed by atoms with Gasteiger partial charge in [-0.3, -0.25) is 0 Å². The average molecular weight is 274 g/mol. The van der Waals surface area contributed by atoms with Crippen LogP contribution in [0.1, 0.15) is 27.7 Å². The molecule has 5 N–H and O–H groups in total. The van der Waals surface area contributed by atoms with E-state index in [1.807, 2.05) is 27.7 Å². The Morgan fingerprint density at radius 3 is 1.87 bits per heavy atom. The summed E-state index contributed by atoms with van der Waals surface area (Å²) in [6.45, 7) is 8.92. The molecule has 0 aliphatic heterocycles. The fraction of sp³-hybridized carbons (Fsp3) is 1.00. The number of hydrogen-bond donors (Lipinski definition) is 3. The zero-order chi connectivity index (χ0) is 12.5. The molecular weight excluding hydrogens is 251 g/mol. The van der Waals surface area contributed by atoms with Crippen LogP contribution in [0.4, 0.5) is 0 Å². The van der Waals surface area contributed by atoms with Crippen LogP contribution in [0.15, 0.2) is 0 Å². The molecule has 0 aromatic rings. The maximum absolute atomic E-state index is 9.52. The molecule has 0 aromatic carbocycles. The van der Waals surface area contributed by atoms with Crippen LogP contribution in [0.3, 0.4) is 0 Å². The molecular formula is C8H23N2O2PS2. The Morgan fingerprint density at radius 2 is 1.67 bits per heavy atom. The molecule has 4 nitrogen and oxygen atoms in total. The first-order valence-electron chi connectivity index (χ1n) is 4.85. The van der Waals surface area contributed by atoms with Crippen LogP contribution >= 0.6 is 17.1 Å². The van der Waals surface area contributed by atoms with Crippen molar-refractivity contribution in [1.82, 2.24) is 0 Å². The lowest BCUT2D eigenvalue weighted by molar-refractivity contribution is 0.248. The summed E-state index contributed by atoms with van der Waals surface area (Å²) in [5.74, 6) is 0. The predicted octanol–water partition coefficient (Wildman–Crippen LogP) is 1.67. The van der Waals surface area contributed by atoms with Crippen LogP contribution in [-0.4, -0.2) is 29.3 Å². The number of rotatable bonds is 5. The highest BCUT2D eigenvalue weighted by molar-refractivity contribution is 8.67. The van der Waals surface area contributed by atoms with E-state index in [4.69, 9.17) is 27.8 Å². The molecule has 0 spiro atoms. The van der Waals surface area contributed by atoms with Crippen molar-refractivity contribution in [3.63, 3.8) is 0 Å². The minimum atomic E-state index is -2.55. The monoisotopic (exact) mass is 274 g/mol. The van der Waals surface area contributed by atoms with Crippen molar-refractivity contribution in [2.24, 2.45) is 11.5 Å². The Hall–Kier alpha value is 0.840. The standard InChI is InChI=1S/C6H15O2PS2.C2H8N2/c1-5(2)8-9(7,10)11-6(3)4;3-1-2-4/h5-6H,1-4H3,(H,7,10);1-4H2. The molecule has 15 heavy (non-hydrogen) atoms. The minimum absolute atomic E-state index is 0.0112. The quantitative estimate of drug-likeness (QED) is 0.662. The summed E-state index contributed by atoms with van der Waals surface area (Å²) in [5.41, 5.74) is 7.25. The van der Waals surface area contributed by atoms with Gasteiger partial charge >= 0.3 is 0 Å². The van der Waals surface area contributed by atoms with Gasteiger partial charge in [-0.25, -0.2) is 0 Å². The maximum Gasteiger partial charge on any atom is 0.245 e. The van der Waals surface area contributed by atoms with Gasteiger partial charge in [-0.15, -0.1) is 0 Å². The SMILES string of the molecule is CC(C)OP(O)(=S)SC(C)C.NCCN. The Kier molecular flexibility index (Phi) is 12.2. The van der Waals surface area contributed by atoms with Crippen LogP contribution in [0.2, 0.25) is 0 Å². The fourth-order valence-corrected chi connectivity index (χ4v) is 6.00. The van der Waals surface area contributed by atoms with Gasteiger partial charge in [-0.1, -0.05) is 25.2 Å². The van der Waals surface area contributed by atoms with Gasteiger partial charge in [0.1, 0.15) is 0 Å². The molecule has 7 heteroatoms. The molecule has 0 heterocycles. The fourth-order valence-electron chi connectivity index (χ4n) is 0.558. The smallest absolute Gasteiger partial charge is 0.245 e. The zero-order valence-corrected chi connectivity index (χ0v) is 12.4. The first-order chi connectivity index (χ1) is 6.75. The lowest BCUT2D eigenvalue weighted by atomic mass is 10.5. The van der Waals surface area contributed by atoms with Crippen LogP contribution < -0.4 is 11.5 Å². The minimum Gasteiger partial charge on any atom is -0.337 e. The van der Waals surface area contributed by atoms with Gasteiger partial charge < -0.3 is 20.9 Å². The second kappa shape index (κ2) is 10.0. The first-order valence-corrected chi connectivity index (χ1v) is 9.00. The van der Waals surface area contributed by atoms with Gasteiger partial charge in [0.15, 0.2) is 0 Å². The molecule has 0 aliphatic rings. The van der Waals surface area contributed by atoms with E-state index in [1.54, 1.807) is 0 Å². The second-order valence-electron chi connectivity index (χ2n) is 3.35. The van der Waals surface area contributed by atoms with Gasteiger partial charge in [0.25, 0.3) is 0 Å². The summed E-state index contributed by atoms with van der Waals surface area (Å²) in [6.07, 6.45) is 0.0112.